The molecule has 0 atom stereocenters. The van der Waals surface area contributed by atoms with Gasteiger partial charge in [-0.1, -0.05) is 30.3 Å². The summed E-state index contributed by atoms with van der Waals surface area (Å²) in [6.45, 7) is 3.12. The Balaban J connectivity index is 0.000000321. The number of aliphatic carboxylic acids is 1. The van der Waals surface area contributed by atoms with Gasteiger partial charge in [0.2, 0.25) is 6.41 Å². The van der Waals surface area contributed by atoms with Crippen LogP contribution < -0.4 is 10.6 Å². The van der Waals surface area contributed by atoms with Crippen LogP contribution in [0, 0.1) is 0 Å². The first-order valence-electron chi connectivity index (χ1n) is 6.59. The van der Waals surface area contributed by atoms with E-state index < -0.39 is 12.1 Å². The number of nitrogens with one attached hydrogen (secondary N) is 2. The van der Waals surface area contributed by atoms with Crippen molar-refractivity contribution in [2.24, 2.45) is 0 Å². The van der Waals surface area contributed by atoms with Gasteiger partial charge in [-0.3, -0.25) is 4.79 Å². The van der Waals surface area contributed by atoms with Crippen molar-refractivity contribution in [2.45, 2.75) is 25.6 Å². The molecule has 0 radical (unpaired) electrons. The van der Waals surface area contributed by atoms with Gasteiger partial charge in [-0.05, 0) is 31.5 Å². The topological polar surface area (TPSA) is 78.4 Å². The predicted octanol–water partition coefficient (Wildman–Crippen LogP) is 1.94. The van der Waals surface area contributed by atoms with E-state index in [1.54, 1.807) is 0 Å². The predicted molar refractivity (Wildman–Crippen MR) is 75.1 cm³/mol. The number of rotatable bonds is 3. The molecule has 0 saturated carbocycles. The summed E-state index contributed by atoms with van der Waals surface area (Å²) < 4.78 is 31.7. The Hall–Kier alpha value is -2.09. The monoisotopic (exact) mass is 320 g/mol. The van der Waals surface area contributed by atoms with Gasteiger partial charge < -0.3 is 15.7 Å². The average Bonchev–Trinajstić information content (AvgIpc) is 3.05. The van der Waals surface area contributed by atoms with Crippen LogP contribution in [0.3, 0.4) is 0 Å². The van der Waals surface area contributed by atoms with Gasteiger partial charge in [0.05, 0.1) is 0 Å². The molecule has 8 heteroatoms. The summed E-state index contributed by atoms with van der Waals surface area (Å²) in [7, 11) is 0. The maximum absolute atomic E-state index is 10.6. The van der Waals surface area contributed by atoms with Crippen LogP contribution in [0.4, 0.5) is 13.2 Å². The summed E-state index contributed by atoms with van der Waals surface area (Å²) in [5.41, 5.74) is 1.12. The zero-order valence-electron chi connectivity index (χ0n) is 11.9. The Morgan fingerprint density at radius 3 is 2.05 bits per heavy atom. The molecule has 1 fully saturated rings. The fourth-order valence-electron chi connectivity index (χ4n) is 1.38. The molecule has 1 heterocycles. The highest BCUT2D eigenvalue weighted by atomic mass is 19.4. The first-order valence-corrected chi connectivity index (χ1v) is 6.59. The lowest BCUT2D eigenvalue weighted by Gasteiger charge is -1.96. The minimum Gasteiger partial charge on any atom is -0.475 e. The van der Waals surface area contributed by atoms with E-state index in [-0.39, 0.29) is 0 Å². The molecule has 0 aromatic heterocycles. The van der Waals surface area contributed by atoms with Crippen molar-refractivity contribution in [1.29, 1.82) is 0 Å². The third-order valence-corrected chi connectivity index (χ3v) is 2.43. The number of hydrogen-bond donors (Lipinski definition) is 3. The molecule has 3 N–H and O–H groups in total. The lowest BCUT2D eigenvalue weighted by atomic mass is 10.2. The Morgan fingerprint density at radius 1 is 1.23 bits per heavy atom. The molecule has 1 aromatic rings. The lowest BCUT2D eigenvalue weighted by molar-refractivity contribution is -0.192. The van der Waals surface area contributed by atoms with Crippen LogP contribution in [0.1, 0.15) is 18.4 Å². The van der Waals surface area contributed by atoms with E-state index in [4.69, 9.17) is 9.90 Å². The van der Waals surface area contributed by atoms with Gasteiger partial charge in [-0.2, -0.15) is 13.2 Å². The van der Waals surface area contributed by atoms with Crippen LogP contribution in [0.15, 0.2) is 30.3 Å². The highest BCUT2D eigenvalue weighted by Gasteiger charge is 2.38. The SMILES string of the molecule is C1CCNC1.O=C(O)C(F)(F)F.O=CNCc1ccccc1. The van der Waals surface area contributed by atoms with E-state index in [0.717, 1.165) is 5.56 Å². The van der Waals surface area contributed by atoms with Crippen LogP contribution in [0.25, 0.3) is 0 Å². The minimum atomic E-state index is -5.08. The number of carbonyl (C=O) groups excluding carboxylic acids is 1. The standard InChI is InChI=1S/C8H9NO.C4H9N.C2HF3O2/c10-7-9-6-8-4-2-1-3-5-8;1-2-4-5-3-1;3-2(4,5)1(6)7/h1-5,7H,6H2,(H,9,10);5H,1-4H2;(H,6,7). The summed E-state index contributed by atoms with van der Waals surface area (Å²) in [6.07, 6.45) is -1.60. The fraction of sp³-hybridized carbons (Fsp3) is 0.429. The average molecular weight is 320 g/mol. The molecule has 0 bridgehead atoms. The molecule has 0 aliphatic carbocycles. The fourth-order valence-corrected chi connectivity index (χ4v) is 1.38. The third kappa shape index (κ3) is 11.7. The minimum absolute atomic E-state index is 0.615. The van der Waals surface area contributed by atoms with Crippen LogP contribution in [0.5, 0.6) is 0 Å². The van der Waals surface area contributed by atoms with Crippen LogP contribution >= 0.6 is 0 Å². The zero-order valence-corrected chi connectivity index (χ0v) is 11.9. The zero-order chi connectivity index (χ0) is 16.8. The number of carboxylic acid groups (broad SMARTS) is 1. The van der Waals surface area contributed by atoms with Crippen molar-refractivity contribution in [3.8, 4) is 0 Å². The van der Waals surface area contributed by atoms with E-state index in [9.17, 15) is 18.0 Å². The van der Waals surface area contributed by atoms with E-state index in [1.165, 1.54) is 25.9 Å². The smallest absolute Gasteiger partial charge is 0.475 e. The molecule has 0 unspecified atom stereocenters. The summed E-state index contributed by atoms with van der Waals surface area (Å²) in [5.74, 6) is -2.76. The lowest BCUT2D eigenvalue weighted by Crippen LogP contribution is -2.21. The molecule has 1 aliphatic heterocycles. The highest BCUT2D eigenvalue weighted by molar-refractivity contribution is 5.73. The largest absolute Gasteiger partial charge is 0.490 e. The summed E-state index contributed by atoms with van der Waals surface area (Å²) >= 11 is 0. The van der Waals surface area contributed by atoms with Crippen LogP contribution in [-0.2, 0) is 16.1 Å². The number of hydrogen-bond acceptors (Lipinski definition) is 3. The molecule has 1 saturated heterocycles. The molecule has 124 valence electrons. The van der Waals surface area contributed by atoms with Gasteiger partial charge >= 0.3 is 12.1 Å². The Bertz CT molecular complexity index is 413. The number of carboxylic acids is 1. The Labute approximate surface area is 126 Å². The summed E-state index contributed by atoms with van der Waals surface area (Å²) in [4.78, 5) is 18.8. The number of amides is 1. The highest BCUT2D eigenvalue weighted by Crippen LogP contribution is 2.13. The van der Waals surface area contributed by atoms with Gasteiger partial charge in [-0.15, -0.1) is 0 Å². The van der Waals surface area contributed by atoms with Crippen molar-refractivity contribution in [2.75, 3.05) is 13.1 Å². The Kier molecular flexibility index (Phi) is 10.5. The number of halogens is 3. The second-order valence-electron chi connectivity index (χ2n) is 4.24. The molecule has 2 rings (SSSR count). The second-order valence-corrected chi connectivity index (χ2v) is 4.24. The van der Waals surface area contributed by atoms with Gasteiger partial charge in [0.25, 0.3) is 0 Å². The van der Waals surface area contributed by atoms with Crippen LogP contribution in [0.2, 0.25) is 0 Å². The maximum Gasteiger partial charge on any atom is 0.490 e. The van der Waals surface area contributed by atoms with Crippen molar-refractivity contribution in [3.05, 3.63) is 35.9 Å². The van der Waals surface area contributed by atoms with Crippen molar-refractivity contribution in [1.82, 2.24) is 10.6 Å². The summed E-state index contributed by atoms with van der Waals surface area (Å²) in [5, 5.41) is 12.9. The van der Waals surface area contributed by atoms with Gasteiger partial charge in [-0.25, -0.2) is 4.79 Å². The van der Waals surface area contributed by atoms with Crippen LogP contribution in [-0.4, -0.2) is 36.8 Å². The van der Waals surface area contributed by atoms with E-state index in [1.807, 2.05) is 30.3 Å². The Morgan fingerprint density at radius 2 is 1.73 bits per heavy atom. The molecule has 1 amide bonds. The quantitative estimate of drug-likeness (QED) is 0.744. The van der Waals surface area contributed by atoms with E-state index >= 15 is 0 Å². The second kappa shape index (κ2) is 11.6. The molecule has 1 aliphatic rings. The molecular formula is C14H19F3N2O3. The van der Waals surface area contributed by atoms with Gasteiger partial charge in [0.1, 0.15) is 0 Å². The van der Waals surface area contributed by atoms with Gasteiger partial charge in [0.15, 0.2) is 0 Å². The van der Waals surface area contributed by atoms with Crippen molar-refractivity contribution >= 4 is 12.4 Å². The molecule has 22 heavy (non-hydrogen) atoms. The normalized spacial score (nSPS) is 13.0. The van der Waals surface area contributed by atoms with E-state index in [0.29, 0.717) is 13.0 Å². The van der Waals surface area contributed by atoms with Crippen molar-refractivity contribution < 1.29 is 27.9 Å². The molecule has 5 nitrogen and oxygen atoms in total. The molecule has 0 spiro atoms. The summed E-state index contributed by atoms with van der Waals surface area (Å²) in [6, 6.07) is 9.78. The first-order chi connectivity index (χ1) is 10.4. The molecule has 1 aromatic carbocycles. The number of benzene rings is 1. The van der Waals surface area contributed by atoms with Crippen molar-refractivity contribution in [3.63, 3.8) is 0 Å². The van der Waals surface area contributed by atoms with E-state index in [2.05, 4.69) is 10.6 Å². The maximum atomic E-state index is 10.6. The number of alkyl halides is 3. The number of carbonyl (C=O) groups is 2. The van der Waals surface area contributed by atoms with Gasteiger partial charge in [0, 0.05) is 6.54 Å². The third-order valence-electron chi connectivity index (χ3n) is 2.43. The first kappa shape index (κ1) is 19.9. The molecular weight excluding hydrogens is 301 g/mol.